The van der Waals surface area contributed by atoms with Gasteiger partial charge in [-0.1, -0.05) is 28.1 Å². The molecule has 2 nitrogen and oxygen atoms in total. The molecule has 0 N–H and O–H groups in total. The van der Waals surface area contributed by atoms with Gasteiger partial charge in [-0.15, -0.1) is 0 Å². The zero-order chi connectivity index (χ0) is 10.4. The first-order chi connectivity index (χ1) is 6.77. The Kier molecular flexibility index (Phi) is 4.66. The predicted octanol–water partition coefficient (Wildman–Crippen LogP) is 2.80. The van der Waals surface area contributed by atoms with E-state index in [9.17, 15) is 4.79 Å². The second kappa shape index (κ2) is 5.81. The number of carbonyl (C=O) groups is 1. The summed E-state index contributed by atoms with van der Waals surface area (Å²) in [6.45, 7) is 2.22. The van der Waals surface area contributed by atoms with Crippen LogP contribution in [-0.2, 0) is 11.2 Å². The maximum absolute atomic E-state index is 11.4. The highest BCUT2D eigenvalue weighted by molar-refractivity contribution is 9.09. The van der Waals surface area contributed by atoms with E-state index in [2.05, 4.69) is 15.9 Å². The number of hydrogen-bond donors (Lipinski definition) is 0. The Labute approximate surface area is 92.4 Å². The molecule has 0 amide bonds. The SMILES string of the molecule is CCOC(=O)c1cccc(CCBr)c1. The zero-order valence-corrected chi connectivity index (χ0v) is 9.71. The van der Waals surface area contributed by atoms with Crippen LogP contribution in [0.3, 0.4) is 0 Å². The summed E-state index contributed by atoms with van der Waals surface area (Å²) in [5.74, 6) is -0.246. The van der Waals surface area contributed by atoms with Gasteiger partial charge >= 0.3 is 5.97 Å². The molecule has 0 aliphatic rings. The average molecular weight is 257 g/mol. The lowest BCUT2D eigenvalue weighted by molar-refractivity contribution is 0.0526. The van der Waals surface area contributed by atoms with Gasteiger partial charge in [-0.05, 0) is 31.0 Å². The number of aryl methyl sites for hydroxylation is 1. The fourth-order valence-corrected chi connectivity index (χ4v) is 1.64. The first kappa shape index (κ1) is 11.2. The molecule has 1 rings (SSSR count). The van der Waals surface area contributed by atoms with Crippen molar-refractivity contribution < 1.29 is 9.53 Å². The monoisotopic (exact) mass is 256 g/mol. The van der Waals surface area contributed by atoms with Crippen molar-refractivity contribution in [3.63, 3.8) is 0 Å². The van der Waals surface area contributed by atoms with Gasteiger partial charge in [0.05, 0.1) is 12.2 Å². The number of alkyl halides is 1. The summed E-state index contributed by atoms with van der Waals surface area (Å²) in [7, 11) is 0. The van der Waals surface area contributed by atoms with Crippen LogP contribution >= 0.6 is 15.9 Å². The van der Waals surface area contributed by atoms with Gasteiger partial charge < -0.3 is 4.74 Å². The second-order valence-electron chi connectivity index (χ2n) is 2.86. The molecule has 0 spiro atoms. The molecule has 0 bridgehead atoms. The summed E-state index contributed by atoms with van der Waals surface area (Å²) in [6, 6.07) is 7.53. The van der Waals surface area contributed by atoms with Crippen molar-refractivity contribution in [1.29, 1.82) is 0 Å². The van der Waals surface area contributed by atoms with E-state index in [4.69, 9.17) is 4.74 Å². The van der Waals surface area contributed by atoms with Crippen LogP contribution in [0.4, 0.5) is 0 Å². The lowest BCUT2D eigenvalue weighted by atomic mass is 10.1. The molecule has 0 saturated carbocycles. The van der Waals surface area contributed by atoms with Crippen LogP contribution in [0.25, 0.3) is 0 Å². The highest BCUT2D eigenvalue weighted by Gasteiger charge is 2.05. The maximum Gasteiger partial charge on any atom is 0.338 e. The largest absolute Gasteiger partial charge is 0.462 e. The smallest absolute Gasteiger partial charge is 0.338 e. The van der Waals surface area contributed by atoms with Crippen LogP contribution in [0.15, 0.2) is 24.3 Å². The number of halogens is 1. The van der Waals surface area contributed by atoms with Crippen molar-refractivity contribution >= 4 is 21.9 Å². The van der Waals surface area contributed by atoms with Crippen LogP contribution in [-0.4, -0.2) is 17.9 Å². The summed E-state index contributed by atoms with van der Waals surface area (Å²) >= 11 is 3.36. The lowest BCUT2D eigenvalue weighted by Crippen LogP contribution is -2.04. The Hall–Kier alpha value is -0.830. The minimum absolute atomic E-state index is 0.246. The molecule has 0 fully saturated rings. The van der Waals surface area contributed by atoms with Crippen LogP contribution in [0.2, 0.25) is 0 Å². The number of ether oxygens (including phenoxy) is 1. The van der Waals surface area contributed by atoms with Crippen molar-refractivity contribution in [2.75, 3.05) is 11.9 Å². The quantitative estimate of drug-likeness (QED) is 0.612. The van der Waals surface area contributed by atoms with E-state index in [0.717, 1.165) is 17.3 Å². The van der Waals surface area contributed by atoms with Gasteiger partial charge in [-0.25, -0.2) is 4.79 Å². The third-order valence-corrected chi connectivity index (χ3v) is 2.22. The van der Waals surface area contributed by atoms with Gasteiger partial charge in [0, 0.05) is 5.33 Å². The lowest BCUT2D eigenvalue weighted by Gasteiger charge is -2.03. The van der Waals surface area contributed by atoms with E-state index in [1.807, 2.05) is 18.2 Å². The Morgan fingerprint density at radius 2 is 2.29 bits per heavy atom. The molecule has 3 heteroatoms. The fraction of sp³-hybridized carbons (Fsp3) is 0.364. The molecule has 14 heavy (non-hydrogen) atoms. The van der Waals surface area contributed by atoms with Crippen molar-refractivity contribution in [2.45, 2.75) is 13.3 Å². The minimum Gasteiger partial charge on any atom is -0.462 e. The normalized spacial score (nSPS) is 9.86. The van der Waals surface area contributed by atoms with E-state index >= 15 is 0 Å². The van der Waals surface area contributed by atoms with Gasteiger partial charge in [0.15, 0.2) is 0 Å². The summed E-state index contributed by atoms with van der Waals surface area (Å²) in [4.78, 5) is 11.4. The van der Waals surface area contributed by atoms with Crippen molar-refractivity contribution in [3.05, 3.63) is 35.4 Å². The van der Waals surface area contributed by atoms with Gasteiger partial charge in [0.25, 0.3) is 0 Å². The molecule has 0 aliphatic carbocycles. The molecule has 0 saturated heterocycles. The van der Waals surface area contributed by atoms with Crippen molar-refractivity contribution in [1.82, 2.24) is 0 Å². The molecule has 0 radical (unpaired) electrons. The predicted molar refractivity (Wildman–Crippen MR) is 59.9 cm³/mol. The molecule has 0 heterocycles. The Morgan fingerprint density at radius 3 is 2.93 bits per heavy atom. The Bertz CT molecular complexity index is 310. The molecule has 1 aromatic rings. The molecular weight excluding hydrogens is 244 g/mol. The van der Waals surface area contributed by atoms with E-state index in [1.165, 1.54) is 0 Å². The van der Waals surface area contributed by atoms with Crippen LogP contribution < -0.4 is 0 Å². The maximum atomic E-state index is 11.4. The number of carbonyl (C=O) groups excluding carboxylic acids is 1. The van der Waals surface area contributed by atoms with Crippen LogP contribution in [0.1, 0.15) is 22.8 Å². The zero-order valence-electron chi connectivity index (χ0n) is 8.13. The molecule has 0 aromatic heterocycles. The van der Waals surface area contributed by atoms with Gasteiger partial charge in [0.2, 0.25) is 0 Å². The summed E-state index contributed by atoms with van der Waals surface area (Å²) in [6.07, 6.45) is 0.924. The number of esters is 1. The topological polar surface area (TPSA) is 26.3 Å². The highest BCUT2D eigenvalue weighted by atomic mass is 79.9. The molecule has 0 aliphatic heterocycles. The van der Waals surface area contributed by atoms with E-state index in [0.29, 0.717) is 12.2 Å². The minimum atomic E-state index is -0.246. The second-order valence-corrected chi connectivity index (χ2v) is 3.65. The summed E-state index contributed by atoms with van der Waals surface area (Å²) < 4.78 is 4.91. The standard InChI is InChI=1S/C11H13BrO2/c1-2-14-11(13)10-5-3-4-9(8-10)6-7-12/h3-5,8H,2,6-7H2,1H3. The summed E-state index contributed by atoms with van der Waals surface area (Å²) in [5, 5.41) is 0.902. The molecule has 76 valence electrons. The highest BCUT2D eigenvalue weighted by Crippen LogP contribution is 2.08. The van der Waals surface area contributed by atoms with Gasteiger partial charge in [0.1, 0.15) is 0 Å². The van der Waals surface area contributed by atoms with Crippen LogP contribution in [0, 0.1) is 0 Å². The van der Waals surface area contributed by atoms with Crippen molar-refractivity contribution in [3.8, 4) is 0 Å². The first-order valence-electron chi connectivity index (χ1n) is 4.60. The third-order valence-electron chi connectivity index (χ3n) is 1.82. The van der Waals surface area contributed by atoms with E-state index in [-0.39, 0.29) is 5.97 Å². The van der Waals surface area contributed by atoms with E-state index in [1.54, 1.807) is 13.0 Å². The summed E-state index contributed by atoms with van der Waals surface area (Å²) in [5.41, 5.74) is 1.78. The van der Waals surface area contributed by atoms with Gasteiger partial charge in [-0.3, -0.25) is 0 Å². The Balaban J connectivity index is 2.77. The molecule has 0 atom stereocenters. The molecule has 1 aromatic carbocycles. The number of rotatable bonds is 4. The number of benzene rings is 1. The van der Waals surface area contributed by atoms with Gasteiger partial charge in [-0.2, -0.15) is 0 Å². The molecule has 0 unspecified atom stereocenters. The molecular formula is C11H13BrO2. The first-order valence-corrected chi connectivity index (χ1v) is 5.72. The third kappa shape index (κ3) is 3.14. The van der Waals surface area contributed by atoms with E-state index < -0.39 is 0 Å². The average Bonchev–Trinajstić information content (AvgIpc) is 2.19. The number of hydrogen-bond acceptors (Lipinski definition) is 2. The van der Waals surface area contributed by atoms with Crippen LogP contribution in [0.5, 0.6) is 0 Å². The van der Waals surface area contributed by atoms with Crippen molar-refractivity contribution in [2.24, 2.45) is 0 Å². The fourth-order valence-electron chi connectivity index (χ4n) is 1.18. The Morgan fingerprint density at radius 1 is 1.50 bits per heavy atom.